The minimum Gasteiger partial charge on any atom is -0.395 e. The van der Waals surface area contributed by atoms with Crippen LogP contribution in [0.25, 0.3) is 0 Å². The van der Waals surface area contributed by atoms with Gasteiger partial charge < -0.3 is 14.9 Å². The highest BCUT2D eigenvalue weighted by Crippen LogP contribution is 2.18. The average molecular weight is 162 g/mol. The van der Waals surface area contributed by atoms with Gasteiger partial charge in [0.2, 0.25) is 0 Å². The fourth-order valence-electron chi connectivity index (χ4n) is 0.854. The van der Waals surface area contributed by atoms with Crippen molar-refractivity contribution < 1.29 is 14.9 Å². The molecule has 1 aliphatic heterocycles. The van der Waals surface area contributed by atoms with Crippen molar-refractivity contribution in [3.05, 3.63) is 0 Å². The molecule has 0 atom stereocenters. The maximum Gasteiger partial charge on any atom is 0.199 e. The quantitative estimate of drug-likeness (QED) is 0.264. The van der Waals surface area contributed by atoms with E-state index in [1.54, 1.807) is 0 Å². The van der Waals surface area contributed by atoms with Gasteiger partial charge >= 0.3 is 0 Å². The zero-order valence-corrected chi connectivity index (χ0v) is 6.34. The van der Waals surface area contributed by atoms with E-state index in [4.69, 9.17) is 14.9 Å². The Morgan fingerprint density at radius 2 is 1.64 bits per heavy atom. The summed E-state index contributed by atoms with van der Waals surface area (Å²) in [5, 5.41) is 22.9. The Kier molecular flexibility index (Phi) is 3.22. The molecule has 0 aromatic carbocycles. The zero-order chi connectivity index (χ0) is 8.16. The van der Waals surface area contributed by atoms with E-state index in [0.29, 0.717) is 19.7 Å². The van der Waals surface area contributed by atoms with Crippen molar-refractivity contribution >= 4 is 0 Å². The van der Waals surface area contributed by atoms with Crippen molar-refractivity contribution in [2.45, 2.75) is 5.85 Å². The average Bonchev–Trinajstić information content (AvgIpc) is 2.79. The van der Waals surface area contributed by atoms with Gasteiger partial charge in [0.1, 0.15) is 6.61 Å². The van der Waals surface area contributed by atoms with E-state index in [9.17, 15) is 0 Å². The first-order valence-electron chi connectivity index (χ1n) is 3.69. The molecule has 1 heterocycles. The van der Waals surface area contributed by atoms with Crippen LogP contribution in [0.4, 0.5) is 0 Å². The second-order valence-electron chi connectivity index (χ2n) is 2.42. The largest absolute Gasteiger partial charge is 0.395 e. The number of aliphatic hydroxyl groups is 2. The Balaban J connectivity index is 2.08. The van der Waals surface area contributed by atoms with Gasteiger partial charge in [-0.3, -0.25) is 10.6 Å². The molecule has 0 spiro atoms. The van der Waals surface area contributed by atoms with Gasteiger partial charge in [-0.05, 0) is 0 Å². The maximum atomic E-state index is 8.49. The second kappa shape index (κ2) is 3.99. The minimum atomic E-state index is -0.467. The van der Waals surface area contributed by atoms with Crippen molar-refractivity contribution in [1.29, 1.82) is 0 Å². The molecule has 0 amide bonds. The molecule has 0 aliphatic carbocycles. The molecule has 4 N–H and O–H groups in total. The van der Waals surface area contributed by atoms with Crippen LogP contribution < -0.4 is 10.6 Å². The van der Waals surface area contributed by atoms with Gasteiger partial charge in [-0.15, -0.1) is 0 Å². The number of rotatable bonds is 6. The highest BCUT2D eigenvalue weighted by atomic mass is 16.6. The van der Waals surface area contributed by atoms with Crippen LogP contribution in [0, 0.1) is 0 Å². The molecule has 0 unspecified atom stereocenters. The predicted octanol–water partition coefficient (Wildman–Crippen LogP) is -2.17. The van der Waals surface area contributed by atoms with E-state index < -0.39 is 5.85 Å². The van der Waals surface area contributed by atoms with Crippen LogP contribution in [-0.4, -0.2) is 49.0 Å². The molecule has 5 heteroatoms. The Hall–Kier alpha value is -0.200. The molecule has 0 saturated carbocycles. The lowest BCUT2D eigenvalue weighted by atomic mass is 10.5. The standard InChI is InChI=1S/C6H14N2O3/c9-3-1-7-6(5-11-6)8-2-4-10/h7-10H,1-5H2. The first kappa shape index (κ1) is 8.89. The summed E-state index contributed by atoms with van der Waals surface area (Å²) in [4.78, 5) is 0. The molecule has 1 rings (SSSR count). The second-order valence-corrected chi connectivity index (χ2v) is 2.42. The monoisotopic (exact) mass is 162 g/mol. The van der Waals surface area contributed by atoms with Crippen LogP contribution in [0.2, 0.25) is 0 Å². The molecule has 0 aromatic rings. The first-order chi connectivity index (χ1) is 5.33. The van der Waals surface area contributed by atoms with Gasteiger partial charge in [-0.1, -0.05) is 0 Å². The normalized spacial score (nSPS) is 20.2. The van der Waals surface area contributed by atoms with Crippen LogP contribution >= 0.6 is 0 Å². The Morgan fingerprint density at radius 1 is 1.18 bits per heavy atom. The van der Waals surface area contributed by atoms with Crippen LogP contribution in [0.3, 0.4) is 0 Å². The van der Waals surface area contributed by atoms with Crippen molar-refractivity contribution in [3.63, 3.8) is 0 Å². The fourth-order valence-corrected chi connectivity index (χ4v) is 0.854. The van der Waals surface area contributed by atoms with Gasteiger partial charge in [0.15, 0.2) is 5.85 Å². The van der Waals surface area contributed by atoms with Crippen molar-refractivity contribution in [2.75, 3.05) is 32.9 Å². The molecular weight excluding hydrogens is 148 g/mol. The third-order valence-corrected chi connectivity index (χ3v) is 1.48. The molecule has 0 aromatic heterocycles. The third kappa shape index (κ3) is 2.72. The number of aliphatic hydroxyl groups excluding tert-OH is 2. The Labute approximate surface area is 65.4 Å². The molecule has 1 aliphatic rings. The van der Waals surface area contributed by atoms with E-state index in [2.05, 4.69) is 10.6 Å². The maximum absolute atomic E-state index is 8.49. The summed E-state index contributed by atoms with van der Waals surface area (Å²) in [7, 11) is 0. The summed E-state index contributed by atoms with van der Waals surface area (Å²) in [6.07, 6.45) is 0. The molecule has 66 valence electrons. The number of epoxide rings is 1. The van der Waals surface area contributed by atoms with Gasteiger partial charge in [0.05, 0.1) is 13.2 Å². The van der Waals surface area contributed by atoms with E-state index in [1.165, 1.54) is 0 Å². The zero-order valence-electron chi connectivity index (χ0n) is 6.34. The van der Waals surface area contributed by atoms with Crippen LogP contribution in [0.1, 0.15) is 0 Å². The fraction of sp³-hybridized carbons (Fsp3) is 1.00. The molecular formula is C6H14N2O3. The third-order valence-electron chi connectivity index (χ3n) is 1.48. The molecule has 0 bridgehead atoms. The summed E-state index contributed by atoms with van der Waals surface area (Å²) in [5.74, 6) is -0.467. The van der Waals surface area contributed by atoms with Gasteiger partial charge in [0, 0.05) is 13.1 Å². The van der Waals surface area contributed by atoms with Crippen LogP contribution in [-0.2, 0) is 4.74 Å². The predicted molar refractivity (Wildman–Crippen MR) is 38.9 cm³/mol. The van der Waals surface area contributed by atoms with Crippen molar-refractivity contribution in [1.82, 2.24) is 10.6 Å². The lowest BCUT2D eigenvalue weighted by Crippen LogP contribution is -2.48. The van der Waals surface area contributed by atoms with Crippen LogP contribution in [0.15, 0.2) is 0 Å². The topological polar surface area (TPSA) is 77.0 Å². The highest BCUT2D eigenvalue weighted by molar-refractivity contribution is 4.86. The highest BCUT2D eigenvalue weighted by Gasteiger charge is 2.43. The number of hydrogen-bond acceptors (Lipinski definition) is 5. The number of ether oxygens (including phenoxy) is 1. The smallest absolute Gasteiger partial charge is 0.199 e. The summed E-state index contributed by atoms with van der Waals surface area (Å²) in [6.45, 7) is 1.77. The molecule has 1 fully saturated rings. The Morgan fingerprint density at radius 3 is 1.91 bits per heavy atom. The van der Waals surface area contributed by atoms with Crippen LogP contribution in [0.5, 0.6) is 0 Å². The van der Waals surface area contributed by atoms with E-state index in [1.807, 2.05) is 0 Å². The van der Waals surface area contributed by atoms with Crippen molar-refractivity contribution in [3.8, 4) is 0 Å². The molecule has 0 radical (unpaired) electrons. The molecule has 11 heavy (non-hydrogen) atoms. The van der Waals surface area contributed by atoms with E-state index in [0.717, 1.165) is 0 Å². The number of nitrogens with one attached hydrogen (secondary N) is 2. The summed E-state index contributed by atoms with van der Waals surface area (Å²) in [5.41, 5.74) is 0. The lowest BCUT2D eigenvalue weighted by molar-refractivity contribution is 0.176. The van der Waals surface area contributed by atoms with E-state index >= 15 is 0 Å². The summed E-state index contributed by atoms with van der Waals surface area (Å²) < 4.78 is 5.06. The SMILES string of the molecule is OCCNC1(NCCO)CO1. The molecule has 1 saturated heterocycles. The first-order valence-corrected chi connectivity index (χ1v) is 3.69. The molecule has 5 nitrogen and oxygen atoms in total. The summed E-state index contributed by atoms with van der Waals surface area (Å²) in [6, 6.07) is 0. The minimum absolute atomic E-state index is 0.0892. The number of hydrogen-bond donors (Lipinski definition) is 4. The van der Waals surface area contributed by atoms with E-state index in [-0.39, 0.29) is 13.2 Å². The van der Waals surface area contributed by atoms with Gasteiger partial charge in [-0.25, -0.2) is 0 Å². The van der Waals surface area contributed by atoms with Crippen molar-refractivity contribution in [2.24, 2.45) is 0 Å². The van der Waals surface area contributed by atoms with Gasteiger partial charge in [-0.2, -0.15) is 0 Å². The lowest BCUT2D eigenvalue weighted by Gasteiger charge is -2.13. The van der Waals surface area contributed by atoms with Gasteiger partial charge in [0.25, 0.3) is 0 Å². The Bertz CT molecular complexity index is 106. The summed E-state index contributed by atoms with van der Waals surface area (Å²) >= 11 is 0.